The number of aromatic nitrogens is 2. The summed E-state index contributed by atoms with van der Waals surface area (Å²) < 4.78 is 5.13. The fourth-order valence-electron chi connectivity index (χ4n) is 2.39. The maximum atomic E-state index is 12.5. The van der Waals surface area contributed by atoms with Gasteiger partial charge < -0.3 is 14.7 Å². The Morgan fingerprint density at radius 1 is 1.17 bits per heavy atom. The number of rotatable bonds is 3. The third-order valence-electron chi connectivity index (χ3n) is 3.61. The maximum absolute atomic E-state index is 12.5. The number of benzene rings is 1. The fraction of sp³-hybridized carbons (Fsp3) is 0.250. The van der Waals surface area contributed by atoms with Gasteiger partial charge in [0.05, 0.1) is 18.8 Å². The molecule has 0 unspecified atom stereocenters. The van der Waals surface area contributed by atoms with Crippen LogP contribution < -0.4 is 0 Å². The molecule has 1 fully saturated rings. The first kappa shape index (κ1) is 15.1. The van der Waals surface area contributed by atoms with Crippen LogP contribution >= 0.6 is 0 Å². The predicted octanol–water partition coefficient (Wildman–Crippen LogP) is 1.07. The van der Waals surface area contributed by atoms with Gasteiger partial charge >= 0.3 is 5.97 Å². The molecule has 0 bridgehead atoms. The zero-order valence-electron chi connectivity index (χ0n) is 12.3. The molecule has 1 atom stereocenters. The van der Waals surface area contributed by atoms with Crippen LogP contribution in [0.15, 0.2) is 42.7 Å². The van der Waals surface area contributed by atoms with Crippen LogP contribution in [0, 0.1) is 0 Å². The van der Waals surface area contributed by atoms with Crippen LogP contribution in [0.25, 0.3) is 11.4 Å². The van der Waals surface area contributed by atoms with Gasteiger partial charge in [0.25, 0.3) is 5.91 Å². The van der Waals surface area contributed by atoms with Gasteiger partial charge in [0.15, 0.2) is 11.9 Å². The molecule has 0 aliphatic carbocycles. The summed E-state index contributed by atoms with van der Waals surface area (Å²) in [6.45, 7) is 0.540. The molecule has 1 aromatic carbocycles. The zero-order chi connectivity index (χ0) is 16.2. The third-order valence-corrected chi connectivity index (χ3v) is 3.61. The van der Waals surface area contributed by atoms with Crippen LogP contribution in [0.5, 0.6) is 0 Å². The SMILES string of the molecule is O=C(O)[C@H]1COCCN1C(=O)c1cnc(-c2ccccc2)nc1. The topological polar surface area (TPSA) is 92.6 Å². The summed E-state index contributed by atoms with van der Waals surface area (Å²) >= 11 is 0. The number of carbonyl (C=O) groups is 2. The molecular weight excluding hydrogens is 298 g/mol. The smallest absolute Gasteiger partial charge is 0.328 e. The number of amides is 1. The molecule has 2 aromatic rings. The summed E-state index contributed by atoms with van der Waals surface area (Å²) in [4.78, 5) is 33.4. The van der Waals surface area contributed by atoms with E-state index in [4.69, 9.17) is 4.74 Å². The highest BCUT2D eigenvalue weighted by atomic mass is 16.5. The fourth-order valence-corrected chi connectivity index (χ4v) is 2.39. The average molecular weight is 313 g/mol. The van der Waals surface area contributed by atoms with Crippen molar-refractivity contribution >= 4 is 11.9 Å². The lowest BCUT2D eigenvalue weighted by Crippen LogP contribution is -2.52. The largest absolute Gasteiger partial charge is 0.480 e. The summed E-state index contributed by atoms with van der Waals surface area (Å²) in [5.41, 5.74) is 1.11. The van der Waals surface area contributed by atoms with Crippen LogP contribution in [-0.2, 0) is 9.53 Å². The van der Waals surface area contributed by atoms with Crippen molar-refractivity contribution in [1.29, 1.82) is 0 Å². The molecule has 7 nitrogen and oxygen atoms in total. The van der Waals surface area contributed by atoms with Gasteiger partial charge in [0.2, 0.25) is 0 Å². The second-order valence-electron chi connectivity index (χ2n) is 5.09. The molecule has 3 rings (SSSR count). The van der Waals surface area contributed by atoms with Crippen LogP contribution in [0.2, 0.25) is 0 Å². The Morgan fingerprint density at radius 2 is 1.87 bits per heavy atom. The Kier molecular flexibility index (Phi) is 4.29. The molecule has 0 spiro atoms. The van der Waals surface area contributed by atoms with E-state index < -0.39 is 17.9 Å². The van der Waals surface area contributed by atoms with Gasteiger partial charge in [0.1, 0.15) is 0 Å². The summed E-state index contributed by atoms with van der Waals surface area (Å²) in [6.07, 6.45) is 2.85. The van der Waals surface area contributed by atoms with Gasteiger partial charge in [-0.3, -0.25) is 4.79 Å². The number of nitrogens with zero attached hydrogens (tertiary/aromatic N) is 3. The number of carboxylic acids is 1. The average Bonchev–Trinajstić information content (AvgIpc) is 2.62. The number of morpholine rings is 1. The maximum Gasteiger partial charge on any atom is 0.328 e. The molecule has 1 amide bonds. The highest BCUT2D eigenvalue weighted by Gasteiger charge is 2.33. The number of carbonyl (C=O) groups excluding carboxylic acids is 1. The van der Waals surface area contributed by atoms with Crippen molar-refractivity contribution in [3.05, 3.63) is 48.3 Å². The molecule has 23 heavy (non-hydrogen) atoms. The van der Waals surface area contributed by atoms with Gasteiger partial charge in [-0.2, -0.15) is 0 Å². The summed E-state index contributed by atoms with van der Waals surface area (Å²) in [6, 6.07) is 8.42. The zero-order valence-corrected chi connectivity index (χ0v) is 12.3. The molecule has 2 heterocycles. The second-order valence-corrected chi connectivity index (χ2v) is 5.09. The number of carboxylic acid groups (broad SMARTS) is 1. The van der Waals surface area contributed by atoms with Crippen molar-refractivity contribution in [1.82, 2.24) is 14.9 Å². The Balaban J connectivity index is 1.81. The van der Waals surface area contributed by atoms with Crippen LogP contribution in [-0.4, -0.2) is 57.7 Å². The number of hydrogen-bond donors (Lipinski definition) is 1. The highest BCUT2D eigenvalue weighted by Crippen LogP contribution is 2.16. The van der Waals surface area contributed by atoms with E-state index in [1.807, 2.05) is 30.3 Å². The molecule has 118 valence electrons. The van der Waals surface area contributed by atoms with Gasteiger partial charge in [-0.1, -0.05) is 30.3 Å². The Labute approximate surface area is 132 Å². The minimum Gasteiger partial charge on any atom is -0.480 e. The second kappa shape index (κ2) is 6.53. The van der Waals surface area contributed by atoms with E-state index in [0.29, 0.717) is 12.4 Å². The molecule has 1 saturated heterocycles. The lowest BCUT2D eigenvalue weighted by atomic mass is 10.2. The van der Waals surface area contributed by atoms with Crippen molar-refractivity contribution in [2.75, 3.05) is 19.8 Å². The van der Waals surface area contributed by atoms with Crippen molar-refractivity contribution in [3.8, 4) is 11.4 Å². The standard InChI is InChI=1S/C16H15N3O4/c20-15(19-6-7-23-10-13(19)16(21)22)12-8-17-14(18-9-12)11-4-2-1-3-5-11/h1-5,8-9,13H,6-7,10H2,(H,21,22)/t13-/m1/s1. The third kappa shape index (κ3) is 3.19. The van der Waals surface area contributed by atoms with E-state index in [1.165, 1.54) is 17.3 Å². The molecule has 1 aliphatic heterocycles. The summed E-state index contributed by atoms with van der Waals surface area (Å²) in [5.74, 6) is -0.973. The van der Waals surface area contributed by atoms with Gasteiger partial charge in [-0.15, -0.1) is 0 Å². The van der Waals surface area contributed by atoms with Crippen LogP contribution in [0.4, 0.5) is 0 Å². The van der Waals surface area contributed by atoms with E-state index in [9.17, 15) is 14.7 Å². The lowest BCUT2D eigenvalue weighted by molar-refractivity contribution is -0.147. The van der Waals surface area contributed by atoms with Crippen molar-refractivity contribution in [3.63, 3.8) is 0 Å². The highest BCUT2D eigenvalue weighted by molar-refractivity contribution is 5.96. The summed E-state index contributed by atoms with van der Waals surface area (Å²) in [7, 11) is 0. The van der Waals surface area contributed by atoms with E-state index in [1.54, 1.807) is 0 Å². The van der Waals surface area contributed by atoms with Gasteiger partial charge in [0, 0.05) is 24.5 Å². The monoisotopic (exact) mass is 313 g/mol. The molecule has 0 saturated carbocycles. The number of ether oxygens (including phenoxy) is 1. The first-order chi connectivity index (χ1) is 11.2. The van der Waals surface area contributed by atoms with Crippen molar-refractivity contribution < 1.29 is 19.4 Å². The van der Waals surface area contributed by atoms with E-state index >= 15 is 0 Å². The molecule has 1 N–H and O–H groups in total. The van der Waals surface area contributed by atoms with E-state index in [2.05, 4.69) is 9.97 Å². The van der Waals surface area contributed by atoms with Crippen LogP contribution in [0.1, 0.15) is 10.4 Å². The molecule has 0 radical (unpaired) electrons. The molecule has 1 aliphatic rings. The Hall–Kier alpha value is -2.80. The quantitative estimate of drug-likeness (QED) is 0.911. The van der Waals surface area contributed by atoms with E-state index in [-0.39, 0.29) is 18.7 Å². The summed E-state index contributed by atoms with van der Waals surface area (Å²) in [5, 5.41) is 9.19. The molecular formula is C16H15N3O4. The normalized spacial score (nSPS) is 17.7. The van der Waals surface area contributed by atoms with Crippen molar-refractivity contribution in [2.24, 2.45) is 0 Å². The minimum atomic E-state index is -1.08. The van der Waals surface area contributed by atoms with Gasteiger partial charge in [-0.25, -0.2) is 14.8 Å². The van der Waals surface area contributed by atoms with E-state index in [0.717, 1.165) is 5.56 Å². The van der Waals surface area contributed by atoms with Gasteiger partial charge in [-0.05, 0) is 0 Å². The minimum absolute atomic E-state index is 0.00989. The number of aliphatic carboxylic acids is 1. The molecule has 7 heteroatoms. The van der Waals surface area contributed by atoms with Crippen LogP contribution in [0.3, 0.4) is 0 Å². The Bertz CT molecular complexity index is 703. The first-order valence-corrected chi connectivity index (χ1v) is 7.16. The Morgan fingerprint density at radius 3 is 2.52 bits per heavy atom. The lowest BCUT2D eigenvalue weighted by Gasteiger charge is -2.32. The predicted molar refractivity (Wildman–Crippen MR) is 80.7 cm³/mol. The molecule has 1 aromatic heterocycles. The first-order valence-electron chi connectivity index (χ1n) is 7.16. The number of hydrogen-bond acceptors (Lipinski definition) is 5. The van der Waals surface area contributed by atoms with Crippen molar-refractivity contribution in [2.45, 2.75) is 6.04 Å².